The smallest absolute Gasteiger partial charge is 0.303 e. The van der Waals surface area contributed by atoms with Gasteiger partial charge in [-0.05, 0) is 6.42 Å². The number of aliphatic carboxylic acids is 1. The highest BCUT2D eigenvalue weighted by atomic mass is 16.4. The number of aliphatic hydroxyl groups excluding tert-OH is 1. The molecule has 112 valence electrons. The number of Topliss-reactive ketones (excluding diaryl/α,β-unsaturated/α-hetero) is 1. The molecule has 0 aromatic carbocycles. The molecule has 4 heteroatoms. The molecular weight excluding hydrogens is 244 g/mol. The zero-order chi connectivity index (χ0) is 14.5. The molecule has 0 aromatic heterocycles. The van der Waals surface area contributed by atoms with Gasteiger partial charge in [0, 0.05) is 12.8 Å². The van der Waals surface area contributed by atoms with Crippen LogP contribution in [0.3, 0.4) is 0 Å². The molecule has 4 nitrogen and oxygen atoms in total. The van der Waals surface area contributed by atoms with Crippen LogP contribution in [0, 0.1) is 0 Å². The Morgan fingerprint density at radius 2 is 1.53 bits per heavy atom. The van der Waals surface area contributed by atoms with Crippen molar-refractivity contribution in [3.8, 4) is 0 Å². The van der Waals surface area contributed by atoms with Crippen molar-refractivity contribution in [2.45, 2.75) is 83.7 Å². The zero-order valence-corrected chi connectivity index (χ0v) is 12.1. The highest BCUT2D eigenvalue weighted by Crippen LogP contribution is 2.12. The van der Waals surface area contributed by atoms with Crippen molar-refractivity contribution in [2.75, 3.05) is 0 Å². The number of hydrogen-bond acceptors (Lipinski definition) is 3. The second-order valence-electron chi connectivity index (χ2n) is 5.20. The summed E-state index contributed by atoms with van der Waals surface area (Å²) >= 11 is 0. The molecule has 0 rings (SSSR count). The molecule has 0 bridgehead atoms. The van der Waals surface area contributed by atoms with Crippen molar-refractivity contribution in [3.63, 3.8) is 0 Å². The van der Waals surface area contributed by atoms with E-state index in [0.717, 1.165) is 12.8 Å². The van der Waals surface area contributed by atoms with E-state index in [0.29, 0.717) is 6.42 Å². The Hall–Kier alpha value is -0.900. The van der Waals surface area contributed by atoms with Gasteiger partial charge in [0.25, 0.3) is 0 Å². The number of hydrogen-bond donors (Lipinski definition) is 2. The standard InChI is InChI=1S/C15H28O4/c1-2-3-4-5-6-7-8-9-13(16)12-14(17)10-11-15(18)19/h13,16H,2-12H2,1H3,(H,18,19). The van der Waals surface area contributed by atoms with Crippen LogP contribution in [-0.4, -0.2) is 28.1 Å². The van der Waals surface area contributed by atoms with Crippen LogP contribution in [0.2, 0.25) is 0 Å². The maximum atomic E-state index is 11.3. The van der Waals surface area contributed by atoms with Crippen LogP contribution >= 0.6 is 0 Å². The largest absolute Gasteiger partial charge is 0.481 e. The molecule has 0 saturated heterocycles. The number of unbranched alkanes of at least 4 members (excludes halogenated alkanes) is 6. The fourth-order valence-corrected chi connectivity index (χ4v) is 2.05. The zero-order valence-electron chi connectivity index (χ0n) is 12.1. The number of rotatable bonds is 13. The fraction of sp³-hybridized carbons (Fsp3) is 0.867. The molecule has 0 aromatic rings. The first-order valence-corrected chi connectivity index (χ1v) is 7.47. The summed E-state index contributed by atoms with van der Waals surface area (Å²) in [5.74, 6) is -1.12. The van der Waals surface area contributed by atoms with Gasteiger partial charge in [-0.3, -0.25) is 9.59 Å². The van der Waals surface area contributed by atoms with Crippen molar-refractivity contribution in [1.82, 2.24) is 0 Å². The molecule has 1 unspecified atom stereocenters. The lowest BCUT2D eigenvalue weighted by atomic mass is 10.0. The molecular formula is C15H28O4. The first-order chi connectivity index (χ1) is 9.06. The Kier molecular flexibility index (Phi) is 11.6. The molecule has 0 aliphatic rings. The van der Waals surface area contributed by atoms with Crippen LogP contribution in [0.5, 0.6) is 0 Å². The summed E-state index contributed by atoms with van der Waals surface area (Å²) in [6.45, 7) is 2.19. The Morgan fingerprint density at radius 3 is 2.11 bits per heavy atom. The van der Waals surface area contributed by atoms with Gasteiger partial charge in [-0.15, -0.1) is 0 Å². The highest BCUT2D eigenvalue weighted by molar-refractivity contribution is 5.82. The van der Waals surface area contributed by atoms with E-state index in [1.807, 2.05) is 0 Å². The lowest BCUT2D eigenvalue weighted by Crippen LogP contribution is -2.14. The average Bonchev–Trinajstić information content (AvgIpc) is 2.35. The topological polar surface area (TPSA) is 74.6 Å². The van der Waals surface area contributed by atoms with Gasteiger partial charge in [0.1, 0.15) is 5.78 Å². The lowest BCUT2D eigenvalue weighted by molar-refractivity contribution is -0.138. The van der Waals surface area contributed by atoms with E-state index in [1.165, 1.54) is 32.1 Å². The number of ketones is 1. The molecule has 1 atom stereocenters. The van der Waals surface area contributed by atoms with E-state index >= 15 is 0 Å². The number of carboxylic acid groups (broad SMARTS) is 1. The molecule has 19 heavy (non-hydrogen) atoms. The maximum Gasteiger partial charge on any atom is 0.303 e. The van der Waals surface area contributed by atoms with Gasteiger partial charge < -0.3 is 10.2 Å². The first kappa shape index (κ1) is 18.1. The third kappa shape index (κ3) is 13.3. The molecule has 2 N–H and O–H groups in total. The van der Waals surface area contributed by atoms with Crippen LogP contribution in [0.4, 0.5) is 0 Å². The number of carbonyl (C=O) groups is 2. The van der Waals surface area contributed by atoms with Crippen LogP contribution in [0.25, 0.3) is 0 Å². The van der Waals surface area contributed by atoms with Gasteiger partial charge in [0.05, 0.1) is 12.5 Å². The number of carboxylic acids is 1. The molecule has 0 aliphatic carbocycles. The van der Waals surface area contributed by atoms with Gasteiger partial charge in [0.15, 0.2) is 0 Å². The minimum absolute atomic E-state index is 0.0312. The van der Waals surface area contributed by atoms with Crippen LogP contribution in [0.15, 0.2) is 0 Å². The molecule has 0 amide bonds. The summed E-state index contributed by atoms with van der Waals surface area (Å²) < 4.78 is 0. The molecule has 0 saturated carbocycles. The minimum atomic E-state index is -0.963. The van der Waals surface area contributed by atoms with E-state index in [4.69, 9.17) is 5.11 Å². The van der Waals surface area contributed by atoms with Gasteiger partial charge >= 0.3 is 5.97 Å². The predicted molar refractivity (Wildman–Crippen MR) is 75.1 cm³/mol. The van der Waals surface area contributed by atoms with Crippen molar-refractivity contribution in [2.24, 2.45) is 0 Å². The van der Waals surface area contributed by atoms with Crippen LogP contribution in [-0.2, 0) is 9.59 Å². The second kappa shape index (κ2) is 12.2. The molecule has 0 spiro atoms. The Balaban J connectivity index is 3.40. The summed E-state index contributed by atoms with van der Waals surface area (Å²) in [6.07, 6.45) is 8.36. The van der Waals surface area contributed by atoms with Crippen molar-refractivity contribution < 1.29 is 19.8 Å². The first-order valence-electron chi connectivity index (χ1n) is 7.47. The highest BCUT2D eigenvalue weighted by Gasteiger charge is 2.11. The fourth-order valence-electron chi connectivity index (χ4n) is 2.05. The molecule has 0 aliphatic heterocycles. The SMILES string of the molecule is CCCCCCCCCC(O)CC(=O)CCC(=O)O. The van der Waals surface area contributed by atoms with E-state index < -0.39 is 12.1 Å². The third-order valence-electron chi connectivity index (χ3n) is 3.22. The van der Waals surface area contributed by atoms with E-state index in [1.54, 1.807) is 0 Å². The molecule has 0 radical (unpaired) electrons. The number of aliphatic hydroxyl groups is 1. The second-order valence-corrected chi connectivity index (χ2v) is 5.20. The number of carbonyl (C=O) groups excluding carboxylic acids is 1. The Morgan fingerprint density at radius 1 is 0.947 bits per heavy atom. The van der Waals surface area contributed by atoms with Crippen molar-refractivity contribution in [1.29, 1.82) is 0 Å². The van der Waals surface area contributed by atoms with Crippen LogP contribution in [0.1, 0.15) is 77.6 Å². The van der Waals surface area contributed by atoms with Gasteiger partial charge in [0.2, 0.25) is 0 Å². The summed E-state index contributed by atoms with van der Waals surface area (Å²) in [5, 5.41) is 18.1. The van der Waals surface area contributed by atoms with Gasteiger partial charge in [-0.1, -0.05) is 51.9 Å². The van der Waals surface area contributed by atoms with Gasteiger partial charge in [-0.25, -0.2) is 0 Å². The summed E-state index contributed by atoms with van der Waals surface area (Å²) in [7, 11) is 0. The minimum Gasteiger partial charge on any atom is -0.481 e. The van der Waals surface area contributed by atoms with Crippen molar-refractivity contribution in [3.05, 3.63) is 0 Å². The monoisotopic (exact) mass is 272 g/mol. The average molecular weight is 272 g/mol. The quantitative estimate of drug-likeness (QED) is 0.504. The maximum absolute atomic E-state index is 11.3. The summed E-state index contributed by atoms with van der Waals surface area (Å²) in [4.78, 5) is 21.6. The Bertz CT molecular complexity index is 251. The molecule has 0 fully saturated rings. The van der Waals surface area contributed by atoms with Gasteiger partial charge in [-0.2, -0.15) is 0 Å². The predicted octanol–water partition coefficient (Wildman–Crippen LogP) is 3.31. The van der Waals surface area contributed by atoms with E-state index in [-0.39, 0.29) is 25.0 Å². The third-order valence-corrected chi connectivity index (χ3v) is 3.22. The van der Waals surface area contributed by atoms with E-state index in [9.17, 15) is 14.7 Å². The van der Waals surface area contributed by atoms with E-state index in [2.05, 4.69) is 6.92 Å². The summed E-state index contributed by atoms with van der Waals surface area (Å²) in [5.41, 5.74) is 0. The Labute approximate surface area is 116 Å². The van der Waals surface area contributed by atoms with Crippen molar-refractivity contribution >= 4 is 11.8 Å². The summed E-state index contributed by atoms with van der Waals surface area (Å²) in [6, 6.07) is 0. The normalized spacial score (nSPS) is 12.3. The lowest BCUT2D eigenvalue weighted by Gasteiger charge is -2.09. The van der Waals surface area contributed by atoms with Crippen LogP contribution < -0.4 is 0 Å². The molecule has 0 heterocycles.